The van der Waals surface area contributed by atoms with Gasteiger partial charge < -0.3 is 5.32 Å². The molecule has 0 radical (unpaired) electrons. The molecule has 2 nitrogen and oxygen atoms in total. The minimum atomic E-state index is 0.562. The molecule has 0 spiro atoms. The summed E-state index contributed by atoms with van der Waals surface area (Å²) < 4.78 is 0. The van der Waals surface area contributed by atoms with Crippen LogP contribution in [0.15, 0.2) is 35.3 Å². The predicted molar refractivity (Wildman–Crippen MR) is 88.6 cm³/mol. The maximum atomic E-state index is 5.07. The van der Waals surface area contributed by atoms with Gasteiger partial charge in [-0.2, -0.15) is 0 Å². The lowest BCUT2D eigenvalue weighted by atomic mass is 10.0. The van der Waals surface area contributed by atoms with Crippen LogP contribution in [0.4, 0.5) is 0 Å². The van der Waals surface area contributed by atoms with E-state index in [-0.39, 0.29) is 0 Å². The number of aliphatic imine (C=N–C) groups is 1. The van der Waals surface area contributed by atoms with Crippen molar-refractivity contribution in [3.8, 4) is 0 Å². The Morgan fingerprint density at radius 3 is 2.62 bits per heavy atom. The van der Waals surface area contributed by atoms with Crippen molar-refractivity contribution >= 4 is 16.9 Å². The van der Waals surface area contributed by atoms with Gasteiger partial charge in [0.25, 0.3) is 0 Å². The maximum absolute atomic E-state index is 5.07. The van der Waals surface area contributed by atoms with Gasteiger partial charge >= 0.3 is 0 Å². The van der Waals surface area contributed by atoms with E-state index in [1.807, 2.05) is 11.8 Å². The van der Waals surface area contributed by atoms with Gasteiger partial charge in [-0.05, 0) is 54.9 Å². The van der Waals surface area contributed by atoms with E-state index in [0.29, 0.717) is 12.1 Å². The maximum Gasteiger partial charge on any atom is 0.157 e. The second-order valence-electron chi connectivity index (χ2n) is 7.25. The number of thioether (sulfide) groups is 1. The average molecular weight is 298 g/mol. The van der Waals surface area contributed by atoms with Gasteiger partial charge in [0.05, 0.1) is 6.04 Å². The molecule has 5 atom stereocenters. The van der Waals surface area contributed by atoms with Gasteiger partial charge in [-0.3, -0.25) is 4.99 Å². The molecule has 3 saturated carbocycles. The summed E-state index contributed by atoms with van der Waals surface area (Å²) >= 11 is 1.94. The fourth-order valence-corrected chi connectivity index (χ4v) is 6.11. The number of fused-ring (bicyclic) bond motifs is 5. The van der Waals surface area contributed by atoms with Crippen molar-refractivity contribution in [1.82, 2.24) is 5.32 Å². The first-order valence-electron chi connectivity index (χ1n) is 8.39. The Labute approximate surface area is 130 Å². The van der Waals surface area contributed by atoms with Gasteiger partial charge in [0.2, 0.25) is 0 Å². The van der Waals surface area contributed by atoms with Crippen LogP contribution in [0, 0.1) is 23.7 Å². The van der Waals surface area contributed by atoms with Gasteiger partial charge in [0.15, 0.2) is 5.17 Å². The number of benzene rings is 1. The lowest BCUT2D eigenvalue weighted by Gasteiger charge is -2.10. The quantitative estimate of drug-likeness (QED) is 0.925. The number of rotatable bonds is 3. The summed E-state index contributed by atoms with van der Waals surface area (Å²) in [4.78, 5) is 5.07. The molecule has 2 bridgehead atoms. The minimum absolute atomic E-state index is 0.562. The van der Waals surface area contributed by atoms with Crippen LogP contribution >= 0.6 is 11.8 Å². The first kappa shape index (κ1) is 12.6. The van der Waals surface area contributed by atoms with E-state index >= 15 is 0 Å². The van der Waals surface area contributed by atoms with Gasteiger partial charge in [0, 0.05) is 11.8 Å². The second kappa shape index (κ2) is 4.77. The summed E-state index contributed by atoms with van der Waals surface area (Å²) in [5, 5.41) is 4.89. The summed E-state index contributed by atoms with van der Waals surface area (Å²) in [6.45, 7) is 0. The first-order chi connectivity index (χ1) is 10.4. The fourth-order valence-electron chi connectivity index (χ4n) is 5.11. The largest absolute Gasteiger partial charge is 0.361 e. The molecule has 1 aromatic rings. The summed E-state index contributed by atoms with van der Waals surface area (Å²) in [6.07, 6.45) is 5.62. The molecule has 3 aliphatic carbocycles. The minimum Gasteiger partial charge on any atom is -0.361 e. The Hall–Kier alpha value is -0.960. The van der Waals surface area contributed by atoms with Crippen molar-refractivity contribution in [2.75, 3.05) is 5.75 Å². The monoisotopic (exact) mass is 298 g/mol. The number of hydrogen-bond donors (Lipinski definition) is 1. The Balaban J connectivity index is 1.22. The SMILES string of the molecule is c1ccc(CC2CSC(=NC3C4C5CCC(C5)C34)N2)cc1. The van der Waals surface area contributed by atoms with Gasteiger partial charge in [-0.15, -0.1) is 0 Å². The third-order valence-electron chi connectivity index (χ3n) is 6.03. The summed E-state index contributed by atoms with van der Waals surface area (Å²) in [5.74, 6) is 5.16. The van der Waals surface area contributed by atoms with E-state index in [1.165, 1.54) is 35.7 Å². The third-order valence-corrected chi connectivity index (χ3v) is 7.10. The van der Waals surface area contributed by atoms with Crippen molar-refractivity contribution in [1.29, 1.82) is 0 Å². The van der Waals surface area contributed by atoms with E-state index in [4.69, 9.17) is 4.99 Å². The van der Waals surface area contributed by atoms with E-state index < -0.39 is 0 Å². The Bertz CT molecular complexity index is 554. The lowest BCUT2D eigenvalue weighted by molar-refractivity contribution is 0.456. The normalized spacial score (nSPS) is 44.9. The van der Waals surface area contributed by atoms with Crippen molar-refractivity contribution in [3.05, 3.63) is 35.9 Å². The number of nitrogens with one attached hydrogen (secondary N) is 1. The van der Waals surface area contributed by atoms with E-state index in [9.17, 15) is 0 Å². The highest BCUT2D eigenvalue weighted by Crippen LogP contribution is 2.67. The summed E-state index contributed by atoms with van der Waals surface area (Å²) in [6, 6.07) is 12.1. The fraction of sp³-hybridized carbons (Fsp3) is 0.611. The van der Waals surface area contributed by atoms with Crippen LogP contribution in [0.5, 0.6) is 0 Å². The molecule has 110 valence electrons. The van der Waals surface area contributed by atoms with Crippen LogP contribution in [0.1, 0.15) is 24.8 Å². The standard InChI is InChI=1S/C18H22N2S/c1-2-4-11(5-3-1)8-14-10-21-18(19-14)20-17-15-12-6-7-13(9-12)16(15)17/h1-5,12-17H,6-10H2,(H,19,20). The van der Waals surface area contributed by atoms with Crippen LogP contribution in [-0.2, 0) is 6.42 Å². The van der Waals surface area contributed by atoms with Gasteiger partial charge in [-0.25, -0.2) is 0 Å². The number of nitrogens with zero attached hydrogens (tertiary/aromatic N) is 1. The highest BCUT2D eigenvalue weighted by Gasteiger charge is 2.65. The molecule has 4 fully saturated rings. The zero-order valence-corrected chi connectivity index (χ0v) is 13.1. The average Bonchev–Trinajstić information content (AvgIpc) is 2.91. The zero-order valence-electron chi connectivity index (χ0n) is 12.2. The molecule has 0 amide bonds. The molecular weight excluding hydrogens is 276 g/mol. The molecule has 1 aliphatic heterocycles. The predicted octanol–water partition coefficient (Wildman–Crippen LogP) is 3.33. The molecule has 1 saturated heterocycles. The molecule has 3 heteroatoms. The topological polar surface area (TPSA) is 24.4 Å². The van der Waals surface area contributed by atoms with Crippen molar-refractivity contribution in [3.63, 3.8) is 0 Å². The highest BCUT2D eigenvalue weighted by molar-refractivity contribution is 8.14. The molecular formula is C18H22N2S. The smallest absolute Gasteiger partial charge is 0.157 e. The third kappa shape index (κ3) is 2.12. The molecule has 5 rings (SSSR count). The molecule has 1 heterocycles. The van der Waals surface area contributed by atoms with Gasteiger partial charge in [-0.1, -0.05) is 42.1 Å². The van der Waals surface area contributed by atoms with Crippen molar-refractivity contribution in [2.45, 2.75) is 37.8 Å². The van der Waals surface area contributed by atoms with Crippen LogP contribution in [0.25, 0.3) is 0 Å². The number of amidine groups is 1. The zero-order chi connectivity index (χ0) is 13.8. The van der Waals surface area contributed by atoms with Crippen molar-refractivity contribution in [2.24, 2.45) is 28.7 Å². The first-order valence-corrected chi connectivity index (χ1v) is 9.38. The molecule has 1 aromatic carbocycles. The van der Waals surface area contributed by atoms with Crippen molar-refractivity contribution < 1.29 is 0 Å². The Morgan fingerprint density at radius 1 is 1.10 bits per heavy atom. The molecule has 1 N–H and O–H groups in total. The van der Waals surface area contributed by atoms with Gasteiger partial charge in [0.1, 0.15) is 0 Å². The number of hydrogen-bond acceptors (Lipinski definition) is 2. The van der Waals surface area contributed by atoms with Crippen LogP contribution < -0.4 is 5.32 Å². The molecule has 4 aliphatic rings. The highest BCUT2D eigenvalue weighted by atomic mass is 32.2. The van der Waals surface area contributed by atoms with E-state index in [0.717, 1.165) is 30.1 Å². The molecule has 0 aromatic heterocycles. The second-order valence-corrected chi connectivity index (χ2v) is 8.26. The van der Waals surface area contributed by atoms with Crippen LogP contribution in [0.2, 0.25) is 0 Å². The summed E-state index contributed by atoms with van der Waals surface area (Å²) in [7, 11) is 0. The molecule has 21 heavy (non-hydrogen) atoms. The van der Waals surface area contributed by atoms with E-state index in [1.54, 1.807) is 0 Å². The molecule has 5 unspecified atom stereocenters. The Kier molecular flexibility index (Phi) is 2.86. The van der Waals surface area contributed by atoms with Crippen LogP contribution in [-0.4, -0.2) is 23.0 Å². The van der Waals surface area contributed by atoms with Crippen LogP contribution in [0.3, 0.4) is 0 Å². The lowest BCUT2D eigenvalue weighted by Crippen LogP contribution is -2.29. The van der Waals surface area contributed by atoms with E-state index in [2.05, 4.69) is 35.6 Å². The Morgan fingerprint density at radius 2 is 1.86 bits per heavy atom. The summed E-state index contributed by atoms with van der Waals surface area (Å²) in [5.41, 5.74) is 1.43.